The van der Waals surface area contributed by atoms with Crippen LogP contribution < -0.4 is 0 Å². The average Bonchev–Trinajstić information content (AvgIpc) is 1.98. The maximum absolute atomic E-state index is 6.25. The van der Waals surface area contributed by atoms with Gasteiger partial charge in [-0.1, -0.05) is 182 Å². The first kappa shape index (κ1) is 63.8. The molecule has 512 valence electrons. The normalized spacial score (nSPS) is 11.9. The monoisotopic (exact) mass is 1510 g/mol. The minimum Gasteiger partial charge on any atom is -0.456 e. The first-order chi connectivity index (χ1) is 53.1. The summed E-state index contributed by atoms with van der Waals surface area (Å²) in [6.45, 7) is 0. The van der Waals surface area contributed by atoms with E-state index in [4.69, 9.17) is 72.9 Å². The smallest absolute Gasteiger partial charge is 0.232 e. The van der Waals surface area contributed by atoms with Crippen LogP contribution in [0.2, 0.25) is 21.1 Å². The third-order valence-corrected chi connectivity index (χ3v) is 22.5. The number of nitrogens with zero attached hydrogens (tertiary/aromatic N) is 8. The maximum Gasteiger partial charge on any atom is 0.232 e. The van der Waals surface area contributed by atoms with Gasteiger partial charge in [0.1, 0.15) is 44.7 Å². The lowest BCUT2D eigenvalue weighted by molar-refractivity contribution is 0.652. The molecule has 0 spiro atoms. The molecule has 12 aromatic carbocycles. The summed E-state index contributed by atoms with van der Waals surface area (Å²) in [5.41, 5.74) is 15.3. The zero-order chi connectivity index (χ0) is 71.8. The Morgan fingerprint density at radius 2 is 0.556 bits per heavy atom. The third kappa shape index (κ3) is 10.7. The van der Waals surface area contributed by atoms with Gasteiger partial charge in [0.2, 0.25) is 44.0 Å². The first-order valence-corrected chi connectivity index (χ1v) is 37.3. The van der Waals surface area contributed by atoms with E-state index in [0.717, 1.165) is 149 Å². The zero-order valence-electron chi connectivity index (χ0n) is 55.8. The summed E-state index contributed by atoms with van der Waals surface area (Å²) in [6.07, 6.45) is 0. The number of benzene rings is 12. The van der Waals surface area contributed by atoms with Gasteiger partial charge in [-0.05, 0) is 131 Å². The Labute approximate surface area is 636 Å². The van der Waals surface area contributed by atoms with Crippen molar-refractivity contribution in [1.82, 2.24) is 39.9 Å². The summed E-state index contributed by atoms with van der Waals surface area (Å²) < 4.78 is 40.7. The molecule has 0 unspecified atom stereocenters. The van der Waals surface area contributed by atoms with Crippen LogP contribution in [0.5, 0.6) is 0 Å². The Bertz CT molecular complexity index is 7350. The number of rotatable bonds is 4. The van der Waals surface area contributed by atoms with E-state index in [-0.39, 0.29) is 21.1 Å². The highest BCUT2D eigenvalue weighted by Gasteiger charge is 2.25. The number of hydrogen-bond acceptors (Lipinski definition) is 16. The zero-order valence-corrected chi connectivity index (χ0v) is 60.4. The van der Waals surface area contributed by atoms with E-state index in [9.17, 15) is 0 Å². The molecule has 12 heterocycles. The van der Waals surface area contributed by atoms with Crippen molar-refractivity contribution < 1.29 is 26.5 Å². The average molecular weight is 1520 g/mol. The highest BCUT2D eigenvalue weighted by atomic mass is 35.5. The predicted octanol–water partition coefficient (Wildman–Crippen LogP) is 27.3. The van der Waals surface area contributed by atoms with E-state index in [0.29, 0.717) is 28.5 Å². The molecular formula is C88H44Cl4N8O6S2. The molecule has 14 nitrogen and oxygen atoms in total. The second-order valence-electron chi connectivity index (χ2n) is 25.7. The van der Waals surface area contributed by atoms with E-state index in [2.05, 4.69) is 149 Å². The summed E-state index contributed by atoms with van der Waals surface area (Å²) in [5, 5.41) is 17.3. The summed E-state index contributed by atoms with van der Waals surface area (Å²) in [6, 6.07) is 89.2. The molecule has 0 saturated heterocycles. The standard InChI is InChI=1S/2C22H11ClN2O2.2C22H11ClN2OS/c23-22-24-19(18-14-7-2-4-11-17(14)27-21(18)25-22)15-9-5-8-13-12-6-1-3-10-16(12)26-20(13)15;23-22-24-20(19-14-6-2-4-8-17(14)27-21(19)25-22)12-9-10-18-15(11-12)13-5-1-3-7-16(13)26-18;23-22-24-19(18-14-7-1-3-10-16(14)26-21(18)25-22)15-9-5-8-13-12-6-2-4-11-17(12)27-20(13)15;23-22-24-20(19-14-6-1-3-7-16(14)26-21(19)25-22)12-9-10-18-15(11-12)13-5-2-4-8-17(13)27-18/h4*1-11H. The molecule has 24 aromatic rings. The fourth-order valence-electron chi connectivity index (χ4n) is 14.8. The number of aromatic nitrogens is 8. The number of para-hydroxylation sites is 7. The van der Waals surface area contributed by atoms with Crippen molar-refractivity contribution in [3.8, 4) is 45.0 Å². The van der Waals surface area contributed by atoms with Gasteiger partial charge in [-0.3, -0.25) is 0 Å². The summed E-state index contributed by atoms with van der Waals surface area (Å²) in [4.78, 5) is 35.4. The topological polar surface area (TPSA) is 182 Å². The third-order valence-electron chi connectivity index (χ3n) is 19.5. The van der Waals surface area contributed by atoms with Crippen LogP contribution in [-0.2, 0) is 0 Å². The van der Waals surface area contributed by atoms with E-state index < -0.39 is 0 Å². The molecule has 108 heavy (non-hydrogen) atoms. The Morgan fingerprint density at radius 3 is 1.06 bits per heavy atom. The maximum atomic E-state index is 6.25. The van der Waals surface area contributed by atoms with Crippen LogP contribution >= 0.6 is 69.1 Å². The lowest BCUT2D eigenvalue weighted by atomic mass is 10.0. The van der Waals surface area contributed by atoms with Crippen LogP contribution in [0.3, 0.4) is 0 Å². The van der Waals surface area contributed by atoms with Gasteiger partial charge in [-0.15, -0.1) is 22.7 Å². The molecule has 0 aliphatic rings. The van der Waals surface area contributed by atoms with Crippen LogP contribution in [0, 0.1) is 0 Å². The van der Waals surface area contributed by atoms with E-state index >= 15 is 0 Å². The Balaban J connectivity index is 0.0000000919. The van der Waals surface area contributed by atoms with E-state index in [1.165, 1.54) is 40.3 Å². The second kappa shape index (κ2) is 25.6. The molecule has 0 fully saturated rings. The summed E-state index contributed by atoms with van der Waals surface area (Å²) in [5.74, 6) is 0. The molecule has 0 atom stereocenters. The minimum atomic E-state index is 0.143. The fourth-order valence-corrected chi connectivity index (χ4v) is 17.8. The van der Waals surface area contributed by atoms with Gasteiger partial charge in [0.25, 0.3) is 0 Å². The molecule has 20 heteroatoms. The first-order valence-electron chi connectivity index (χ1n) is 34.2. The van der Waals surface area contributed by atoms with Crippen LogP contribution in [0.4, 0.5) is 0 Å². The molecule has 0 amide bonds. The van der Waals surface area contributed by atoms with E-state index in [1.807, 2.05) is 158 Å². The van der Waals surface area contributed by atoms with Crippen molar-refractivity contribution >= 4 is 242 Å². The second-order valence-corrected chi connectivity index (χ2v) is 29.1. The molecule has 0 saturated carbocycles. The highest BCUT2D eigenvalue weighted by molar-refractivity contribution is 7.26. The lowest BCUT2D eigenvalue weighted by Gasteiger charge is -2.05. The van der Waals surface area contributed by atoms with Crippen molar-refractivity contribution in [2.75, 3.05) is 0 Å². The minimum absolute atomic E-state index is 0.143. The van der Waals surface area contributed by atoms with Crippen LogP contribution in [-0.4, -0.2) is 39.9 Å². The van der Waals surface area contributed by atoms with E-state index in [1.54, 1.807) is 22.7 Å². The van der Waals surface area contributed by atoms with Gasteiger partial charge >= 0.3 is 0 Å². The molecule has 24 rings (SSSR count). The lowest BCUT2D eigenvalue weighted by Crippen LogP contribution is -1.90. The molecular weight excluding hydrogens is 1470 g/mol. The Kier molecular flexibility index (Phi) is 15.1. The molecule has 0 bridgehead atoms. The van der Waals surface area contributed by atoms with Crippen molar-refractivity contribution in [2.24, 2.45) is 0 Å². The SMILES string of the molecule is Clc1nc(-c2ccc3oc4ccccc4c3c2)c2c(n1)oc1ccccc12.Clc1nc(-c2ccc3sc4ccccc4c3c2)c2c(n1)oc1ccccc12.Clc1nc(-c2cccc3c2oc2ccccc23)c2c(n1)oc1ccccc12.Clc1nc(-c2cccc3c2sc2ccccc23)c2c(n1)oc1ccccc12. The van der Waals surface area contributed by atoms with Gasteiger partial charge in [0.15, 0.2) is 0 Å². The van der Waals surface area contributed by atoms with Gasteiger partial charge < -0.3 is 26.5 Å². The Morgan fingerprint density at radius 1 is 0.222 bits per heavy atom. The van der Waals surface area contributed by atoms with Crippen LogP contribution in [0.15, 0.2) is 293 Å². The number of fused-ring (bicyclic) bond motifs is 24. The summed E-state index contributed by atoms with van der Waals surface area (Å²) in [7, 11) is 0. The van der Waals surface area contributed by atoms with Crippen molar-refractivity contribution in [1.29, 1.82) is 0 Å². The predicted molar refractivity (Wildman–Crippen MR) is 439 cm³/mol. The van der Waals surface area contributed by atoms with Crippen LogP contribution in [0.25, 0.3) is 218 Å². The largest absolute Gasteiger partial charge is 0.456 e. The van der Waals surface area contributed by atoms with Crippen molar-refractivity contribution in [3.63, 3.8) is 0 Å². The Hall–Kier alpha value is -12.6. The van der Waals surface area contributed by atoms with Gasteiger partial charge in [0.05, 0.1) is 44.3 Å². The van der Waals surface area contributed by atoms with Crippen LogP contribution in [0.1, 0.15) is 0 Å². The van der Waals surface area contributed by atoms with Gasteiger partial charge in [-0.25, -0.2) is 19.9 Å². The molecule has 0 radical (unpaired) electrons. The van der Waals surface area contributed by atoms with Gasteiger partial charge in [0, 0.05) is 106 Å². The van der Waals surface area contributed by atoms with Gasteiger partial charge in [-0.2, -0.15) is 19.9 Å². The number of thiophene rings is 2. The summed E-state index contributed by atoms with van der Waals surface area (Å²) >= 11 is 28.4. The quantitative estimate of drug-likeness (QED) is 0.152. The fraction of sp³-hybridized carbons (Fsp3) is 0. The highest BCUT2D eigenvalue weighted by Crippen LogP contribution is 2.47. The van der Waals surface area contributed by atoms with Crippen molar-refractivity contribution in [2.45, 2.75) is 0 Å². The van der Waals surface area contributed by atoms with Crippen molar-refractivity contribution in [3.05, 3.63) is 288 Å². The molecule has 0 aliphatic carbocycles. The number of hydrogen-bond donors (Lipinski definition) is 0. The number of furan rings is 6. The molecule has 0 N–H and O–H groups in total. The molecule has 0 aliphatic heterocycles. The number of halogens is 4. The molecule has 12 aromatic heterocycles.